The van der Waals surface area contributed by atoms with Crippen LogP contribution in [0.15, 0.2) is 61.2 Å². The van der Waals surface area contributed by atoms with Gasteiger partial charge in [-0.15, -0.1) is 0 Å². The van der Waals surface area contributed by atoms with Crippen LogP contribution in [0.5, 0.6) is 5.75 Å². The van der Waals surface area contributed by atoms with Gasteiger partial charge in [0.05, 0.1) is 5.69 Å². The van der Waals surface area contributed by atoms with Crippen molar-refractivity contribution in [2.24, 2.45) is 0 Å². The molecule has 0 spiro atoms. The number of rotatable bonds is 6. The Bertz CT molecular complexity index is 537. The monoisotopic (exact) mass is 257 g/mol. The molecule has 0 aliphatic heterocycles. The second-order valence-corrected chi connectivity index (χ2v) is 4.08. The van der Waals surface area contributed by atoms with Crippen LogP contribution in [0.2, 0.25) is 0 Å². The Morgan fingerprint density at radius 3 is 2.53 bits per heavy atom. The lowest BCUT2D eigenvalue weighted by atomic mass is 10.2. The Balaban J connectivity index is 1.93. The molecule has 0 aliphatic carbocycles. The van der Waals surface area contributed by atoms with Crippen LogP contribution < -0.4 is 10.1 Å². The van der Waals surface area contributed by atoms with Crippen LogP contribution in [0, 0.1) is 5.82 Å². The first-order chi connectivity index (χ1) is 9.29. The molecule has 0 amide bonds. The molecule has 0 aromatic heterocycles. The first-order valence-corrected chi connectivity index (χ1v) is 6.10. The molecule has 0 heterocycles. The first-order valence-electron chi connectivity index (χ1n) is 6.10. The van der Waals surface area contributed by atoms with Crippen molar-refractivity contribution in [3.8, 4) is 5.75 Å². The van der Waals surface area contributed by atoms with Crippen molar-refractivity contribution in [2.75, 3.05) is 11.9 Å². The van der Waals surface area contributed by atoms with E-state index < -0.39 is 0 Å². The molecule has 19 heavy (non-hydrogen) atoms. The van der Waals surface area contributed by atoms with Crippen molar-refractivity contribution in [2.45, 2.75) is 6.54 Å². The molecule has 3 heteroatoms. The average molecular weight is 257 g/mol. The van der Waals surface area contributed by atoms with Crippen LogP contribution in [0.25, 0.3) is 0 Å². The predicted octanol–water partition coefficient (Wildman–Crippen LogP) is 4.00. The molecule has 1 N–H and O–H groups in total. The van der Waals surface area contributed by atoms with E-state index in [0.29, 0.717) is 18.8 Å². The summed E-state index contributed by atoms with van der Waals surface area (Å²) in [6.07, 6.45) is 1.70. The number of hydrogen-bond acceptors (Lipinski definition) is 2. The van der Waals surface area contributed by atoms with Gasteiger partial charge in [0.25, 0.3) is 0 Å². The minimum Gasteiger partial charge on any atom is -0.490 e. The van der Waals surface area contributed by atoms with Crippen molar-refractivity contribution in [3.05, 3.63) is 72.6 Å². The highest BCUT2D eigenvalue weighted by Gasteiger charge is 2.00. The number of hydrogen-bond donors (Lipinski definition) is 1. The van der Waals surface area contributed by atoms with E-state index in [4.69, 9.17) is 4.74 Å². The van der Waals surface area contributed by atoms with Gasteiger partial charge in [-0.1, -0.05) is 36.9 Å². The van der Waals surface area contributed by atoms with Crippen molar-refractivity contribution in [1.29, 1.82) is 0 Å². The summed E-state index contributed by atoms with van der Waals surface area (Å²) in [6, 6.07) is 14.3. The maximum absolute atomic E-state index is 13.4. The van der Waals surface area contributed by atoms with Gasteiger partial charge in [-0.3, -0.25) is 0 Å². The zero-order valence-corrected chi connectivity index (χ0v) is 10.6. The van der Waals surface area contributed by atoms with E-state index in [1.807, 2.05) is 24.3 Å². The summed E-state index contributed by atoms with van der Waals surface area (Å²) in [5.74, 6) is 0.558. The van der Waals surface area contributed by atoms with Crippen molar-refractivity contribution < 1.29 is 9.13 Å². The Hall–Kier alpha value is -2.29. The fraction of sp³-hybridized carbons (Fsp3) is 0.125. The molecular formula is C16H16FNO. The van der Waals surface area contributed by atoms with Gasteiger partial charge in [0.15, 0.2) is 0 Å². The van der Waals surface area contributed by atoms with Crippen molar-refractivity contribution in [3.63, 3.8) is 0 Å². The molecule has 0 aliphatic rings. The Morgan fingerprint density at radius 1 is 1.11 bits per heavy atom. The highest BCUT2D eigenvalue weighted by molar-refractivity contribution is 5.45. The Labute approximate surface area is 112 Å². The van der Waals surface area contributed by atoms with Gasteiger partial charge in [-0.25, -0.2) is 4.39 Å². The largest absolute Gasteiger partial charge is 0.490 e. The molecule has 2 aromatic rings. The number of halogens is 1. The maximum atomic E-state index is 13.4. The van der Waals surface area contributed by atoms with Crippen LogP contribution in [0.3, 0.4) is 0 Å². The molecule has 2 nitrogen and oxygen atoms in total. The molecule has 0 unspecified atom stereocenters. The minimum atomic E-state index is -0.242. The van der Waals surface area contributed by atoms with Gasteiger partial charge >= 0.3 is 0 Å². The SMILES string of the molecule is C=CCOc1ccc(CNc2ccccc2F)cc1. The molecule has 0 bridgehead atoms. The number of nitrogens with one attached hydrogen (secondary N) is 1. The summed E-state index contributed by atoms with van der Waals surface area (Å²) < 4.78 is 18.8. The van der Waals surface area contributed by atoms with E-state index in [9.17, 15) is 4.39 Å². The number of para-hydroxylation sites is 1. The van der Waals surface area contributed by atoms with Crippen LogP contribution in [-0.4, -0.2) is 6.61 Å². The molecular weight excluding hydrogens is 241 g/mol. The molecule has 0 atom stereocenters. The molecule has 2 rings (SSSR count). The zero-order valence-electron chi connectivity index (χ0n) is 10.6. The fourth-order valence-corrected chi connectivity index (χ4v) is 1.66. The normalized spacial score (nSPS) is 9.95. The summed E-state index contributed by atoms with van der Waals surface area (Å²) in [7, 11) is 0. The van der Waals surface area contributed by atoms with Crippen LogP contribution in [-0.2, 0) is 6.54 Å². The Morgan fingerprint density at radius 2 is 1.84 bits per heavy atom. The van der Waals surface area contributed by atoms with E-state index in [1.54, 1.807) is 24.3 Å². The number of anilines is 1. The number of benzene rings is 2. The smallest absolute Gasteiger partial charge is 0.146 e. The van der Waals surface area contributed by atoms with Crippen molar-refractivity contribution in [1.82, 2.24) is 0 Å². The third-order valence-corrected chi connectivity index (χ3v) is 2.65. The standard InChI is InChI=1S/C16H16FNO/c1-2-11-19-14-9-7-13(8-10-14)12-18-16-6-4-3-5-15(16)17/h2-10,18H,1,11-12H2. The minimum absolute atomic E-state index is 0.242. The third-order valence-electron chi connectivity index (χ3n) is 2.65. The van der Waals surface area contributed by atoms with Gasteiger partial charge < -0.3 is 10.1 Å². The third kappa shape index (κ3) is 3.85. The first kappa shape index (κ1) is 13.1. The van der Waals surface area contributed by atoms with Crippen molar-refractivity contribution >= 4 is 5.69 Å². The van der Waals surface area contributed by atoms with Crippen LogP contribution in [0.1, 0.15) is 5.56 Å². The van der Waals surface area contributed by atoms with Crippen LogP contribution in [0.4, 0.5) is 10.1 Å². The van der Waals surface area contributed by atoms with E-state index in [2.05, 4.69) is 11.9 Å². The molecule has 0 saturated carbocycles. The maximum Gasteiger partial charge on any atom is 0.146 e. The van der Waals surface area contributed by atoms with Gasteiger partial charge in [-0.2, -0.15) is 0 Å². The summed E-state index contributed by atoms with van der Waals surface area (Å²) >= 11 is 0. The van der Waals surface area contributed by atoms with E-state index in [1.165, 1.54) is 6.07 Å². The Kier molecular flexibility index (Phi) is 4.56. The number of ether oxygens (including phenoxy) is 1. The molecule has 0 saturated heterocycles. The highest BCUT2D eigenvalue weighted by atomic mass is 19.1. The lowest BCUT2D eigenvalue weighted by Gasteiger charge is -2.08. The second-order valence-electron chi connectivity index (χ2n) is 4.08. The quantitative estimate of drug-likeness (QED) is 0.790. The van der Waals surface area contributed by atoms with Crippen LogP contribution >= 0.6 is 0 Å². The van der Waals surface area contributed by atoms with Gasteiger partial charge in [-0.05, 0) is 29.8 Å². The summed E-state index contributed by atoms with van der Waals surface area (Å²) in [5.41, 5.74) is 1.57. The fourth-order valence-electron chi connectivity index (χ4n) is 1.66. The summed E-state index contributed by atoms with van der Waals surface area (Å²) in [4.78, 5) is 0. The summed E-state index contributed by atoms with van der Waals surface area (Å²) in [6.45, 7) is 4.66. The topological polar surface area (TPSA) is 21.3 Å². The van der Waals surface area contributed by atoms with E-state index >= 15 is 0 Å². The second kappa shape index (κ2) is 6.59. The lowest BCUT2D eigenvalue weighted by Crippen LogP contribution is -2.01. The van der Waals surface area contributed by atoms with Gasteiger partial charge in [0.2, 0.25) is 0 Å². The molecule has 2 aromatic carbocycles. The molecule has 0 fully saturated rings. The average Bonchev–Trinajstić information content (AvgIpc) is 2.45. The predicted molar refractivity (Wildman–Crippen MR) is 75.9 cm³/mol. The zero-order chi connectivity index (χ0) is 13.5. The molecule has 98 valence electrons. The van der Waals surface area contributed by atoms with Gasteiger partial charge in [0.1, 0.15) is 18.2 Å². The van der Waals surface area contributed by atoms with Gasteiger partial charge in [0, 0.05) is 6.54 Å². The van der Waals surface area contributed by atoms with E-state index in [0.717, 1.165) is 11.3 Å². The molecule has 0 radical (unpaired) electrons. The highest BCUT2D eigenvalue weighted by Crippen LogP contribution is 2.16. The lowest BCUT2D eigenvalue weighted by molar-refractivity contribution is 0.363. The summed E-state index contributed by atoms with van der Waals surface area (Å²) in [5, 5.41) is 3.06. The van der Waals surface area contributed by atoms with E-state index in [-0.39, 0.29) is 5.82 Å².